The molecule has 11 rings (SSSR count). The molecular weight excluding hydrogens is 671 g/mol. The van der Waals surface area contributed by atoms with E-state index in [1.807, 2.05) is 18.2 Å². The van der Waals surface area contributed by atoms with E-state index >= 15 is 0 Å². The zero-order valence-electron chi connectivity index (χ0n) is 29.6. The summed E-state index contributed by atoms with van der Waals surface area (Å²) in [5.41, 5.74) is 8.75. The Kier molecular flexibility index (Phi) is 7.14. The third-order valence-electron chi connectivity index (χ3n) is 10.7. The van der Waals surface area contributed by atoms with Crippen LogP contribution < -0.4 is 0 Å². The minimum atomic E-state index is 0.588. The fourth-order valence-corrected chi connectivity index (χ4v) is 7.92. The summed E-state index contributed by atoms with van der Waals surface area (Å²) in [6.07, 6.45) is 0. The van der Waals surface area contributed by atoms with Gasteiger partial charge < -0.3 is 4.42 Å². The molecule has 0 atom stereocenters. The first-order valence-corrected chi connectivity index (χ1v) is 18.5. The first kappa shape index (κ1) is 31.1. The maximum absolute atomic E-state index is 6.56. The van der Waals surface area contributed by atoms with Crippen molar-refractivity contribution >= 4 is 54.3 Å². The lowest BCUT2D eigenvalue weighted by Crippen LogP contribution is -2.01. The molecular formula is C51H31N3O. The van der Waals surface area contributed by atoms with Gasteiger partial charge in [0.1, 0.15) is 11.2 Å². The van der Waals surface area contributed by atoms with Gasteiger partial charge in [-0.3, -0.25) is 0 Å². The number of benzene rings is 9. The van der Waals surface area contributed by atoms with Crippen molar-refractivity contribution in [1.29, 1.82) is 0 Å². The van der Waals surface area contributed by atoms with Crippen molar-refractivity contribution in [3.05, 3.63) is 188 Å². The van der Waals surface area contributed by atoms with Crippen molar-refractivity contribution < 1.29 is 4.42 Å². The van der Waals surface area contributed by atoms with Crippen LogP contribution in [0.1, 0.15) is 0 Å². The Morgan fingerprint density at radius 2 is 0.855 bits per heavy atom. The number of rotatable bonds is 5. The molecule has 256 valence electrons. The van der Waals surface area contributed by atoms with Crippen LogP contribution in [0.5, 0.6) is 0 Å². The van der Waals surface area contributed by atoms with Crippen molar-refractivity contribution in [2.45, 2.75) is 0 Å². The quantitative estimate of drug-likeness (QED) is 0.168. The molecule has 4 nitrogen and oxygen atoms in total. The maximum atomic E-state index is 6.56. The SMILES string of the molecule is c1ccc(-c2ccc(-c3nc(-c4ccc5c(ccc6ccccc65)c4)nc(-c4cc(-c5ccc6ccccc6c5)cc5oc6ccccc6c45)n3)cc2)cc1. The van der Waals surface area contributed by atoms with E-state index in [0.717, 1.165) is 66.3 Å². The summed E-state index contributed by atoms with van der Waals surface area (Å²) < 4.78 is 6.56. The average molecular weight is 702 g/mol. The highest BCUT2D eigenvalue weighted by Gasteiger charge is 2.20. The number of aromatic nitrogens is 3. The summed E-state index contributed by atoms with van der Waals surface area (Å²) in [5, 5.41) is 9.15. The monoisotopic (exact) mass is 701 g/mol. The standard InChI is InChI=1S/C51H31N3O/c1-2-10-32(11-3-1)34-18-22-36(23-19-34)49-52-50(40-26-27-43-39(29-40)25-21-35-13-6-7-15-42(35)43)54-51(53-49)45-30-41(38-24-20-33-12-4-5-14-37(33)28-38)31-47-48(45)44-16-8-9-17-46(44)55-47/h1-31H. The zero-order valence-corrected chi connectivity index (χ0v) is 29.6. The lowest BCUT2D eigenvalue weighted by atomic mass is 9.96. The smallest absolute Gasteiger partial charge is 0.164 e. The molecule has 0 unspecified atom stereocenters. The van der Waals surface area contributed by atoms with Crippen LogP contribution in [0.25, 0.3) is 111 Å². The van der Waals surface area contributed by atoms with E-state index in [4.69, 9.17) is 19.4 Å². The van der Waals surface area contributed by atoms with Crippen LogP contribution in [0.4, 0.5) is 0 Å². The van der Waals surface area contributed by atoms with Crippen LogP contribution in [0, 0.1) is 0 Å². The highest BCUT2D eigenvalue weighted by molar-refractivity contribution is 6.13. The topological polar surface area (TPSA) is 51.8 Å². The molecule has 0 saturated carbocycles. The van der Waals surface area contributed by atoms with Gasteiger partial charge in [-0.15, -0.1) is 0 Å². The average Bonchev–Trinajstić information content (AvgIpc) is 3.64. The molecule has 0 saturated heterocycles. The van der Waals surface area contributed by atoms with Gasteiger partial charge in [-0.2, -0.15) is 0 Å². The van der Waals surface area contributed by atoms with Crippen molar-refractivity contribution in [3.8, 4) is 56.4 Å². The van der Waals surface area contributed by atoms with E-state index in [1.54, 1.807) is 0 Å². The van der Waals surface area contributed by atoms with Gasteiger partial charge >= 0.3 is 0 Å². The van der Waals surface area contributed by atoms with E-state index in [2.05, 4.69) is 170 Å². The highest BCUT2D eigenvalue weighted by atomic mass is 16.3. The van der Waals surface area contributed by atoms with Gasteiger partial charge in [0.15, 0.2) is 17.5 Å². The van der Waals surface area contributed by atoms with Crippen LogP contribution in [0.3, 0.4) is 0 Å². The molecule has 55 heavy (non-hydrogen) atoms. The predicted molar refractivity (Wildman–Crippen MR) is 227 cm³/mol. The molecule has 2 heterocycles. The number of fused-ring (bicyclic) bond motifs is 7. The van der Waals surface area contributed by atoms with E-state index in [-0.39, 0.29) is 0 Å². The highest BCUT2D eigenvalue weighted by Crippen LogP contribution is 2.41. The molecule has 0 aliphatic carbocycles. The molecule has 4 heteroatoms. The van der Waals surface area contributed by atoms with Gasteiger partial charge in [0.2, 0.25) is 0 Å². The molecule has 0 bridgehead atoms. The summed E-state index contributed by atoms with van der Waals surface area (Å²) in [6.45, 7) is 0. The minimum absolute atomic E-state index is 0.588. The van der Waals surface area contributed by atoms with Crippen molar-refractivity contribution in [1.82, 2.24) is 15.0 Å². The summed E-state index contributed by atoms with van der Waals surface area (Å²) >= 11 is 0. The van der Waals surface area contributed by atoms with Crippen LogP contribution >= 0.6 is 0 Å². The van der Waals surface area contributed by atoms with Crippen molar-refractivity contribution in [2.24, 2.45) is 0 Å². The summed E-state index contributed by atoms with van der Waals surface area (Å²) in [4.78, 5) is 15.7. The zero-order chi connectivity index (χ0) is 36.3. The van der Waals surface area contributed by atoms with E-state index in [1.165, 1.54) is 26.9 Å². The number of hydrogen-bond acceptors (Lipinski definition) is 4. The normalized spacial score (nSPS) is 11.6. The largest absolute Gasteiger partial charge is 0.456 e. The molecule has 0 N–H and O–H groups in total. The molecule has 0 aliphatic rings. The summed E-state index contributed by atoms with van der Waals surface area (Å²) in [7, 11) is 0. The molecule has 0 amide bonds. The summed E-state index contributed by atoms with van der Waals surface area (Å²) in [6, 6.07) is 65.8. The molecule has 9 aromatic carbocycles. The second kappa shape index (κ2) is 12.6. The Bertz CT molecular complexity index is 3260. The maximum Gasteiger partial charge on any atom is 0.164 e. The fraction of sp³-hybridized carbons (Fsp3) is 0. The van der Waals surface area contributed by atoms with Crippen LogP contribution in [0.2, 0.25) is 0 Å². The second-order valence-electron chi connectivity index (χ2n) is 14.0. The number of nitrogens with zero attached hydrogens (tertiary/aromatic N) is 3. The first-order chi connectivity index (χ1) is 27.2. The molecule has 0 spiro atoms. The lowest BCUT2D eigenvalue weighted by Gasteiger charge is -2.12. The minimum Gasteiger partial charge on any atom is -0.456 e. The van der Waals surface area contributed by atoms with Gasteiger partial charge in [-0.25, -0.2) is 15.0 Å². The van der Waals surface area contributed by atoms with Crippen molar-refractivity contribution in [2.75, 3.05) is 0 Å². The van der Waals surface area contributed by atoms with Gasteiger partial charge in [0.05, 0.1) is 0 Å². The molecule has 2 aromatic heterocycles. The van der Waals surface area contributed by atoms with E-state index in [9.17, 15) is 0 Å². The molecule has 0 radical (unpaired) electrons. The van der Waals surface area contributed by atoms with Crippen LogP contribution in [-0.4, -0.2) is 15.0 Å². The third kappa shape index (κ3) is 5.43. The van der Waals surface area contributed by atoms with Gasteiger partial charge in [0, 0.05) is 27.5 Å². The Labute approximate surface area is 317 Å². The third-order valence-corrected chi connectivity index (χ3v) is 10.7. The lowest BCUT2D eigenvalue weighted by molar-refractivity contribution is 0.669. The Morgan fingerprint density at radius 3 is 1.71 bits per heavy atom. The van der Waals surface area contributed by atoms with Crippen molar-refractivity contribution in [3.63, 3.8) is 0 Å². The van der Waals surface area contributed by atoms with E-state index in [0.29, 0.717) is 17.5 Å². The van der Waals surface area contributed by atoms with Gasteiger partial charge in [-0.05, 0) is 84.9 Å². The Balaban J connectivity index is 1.15. The second-order valence-corrected chi connectivity index (χ2v) is 14.0. The first-order valence-electron chi connectivity index (χ1n) is 18.5. The fourth-order valence-electron chi connectivity index (χ4n) is 7.92. The molecule has 0 fully saturated rings. The number of para-hydroxylation sites is 1. The van der Waals surface area contributed by atoms with Gasteiger partial charge in [-0.1, -0.05) is 158 Å². The van der Waals surface area contributed by atoms with Gasteiger partial charge in [0.25, 0.3) is 0 Å². The predicted octanol–water partition coefficient (Wildman–Crippen LogP) is 13.6. The Hall–Kier alpha value is -7.43. The van der Waals surface area contributed by atoms with Crippen LogP contribution in [0.15, 0.2) is 192 Å². The summed E-state index contributed by atoms with van der Waals surface area (Å²) in [5.74, 6) is 1.81. The number of furan rings is 1. The molecule has 11 aromatic rings. The molecule has 0 aliphatic heterocycles. The van der Waals surface area contributed by atoms with E-state index < -0.39 is 0 Å². The number of hydrogen-bond donors (Lipinski definition) is 0. The Morgan fingerprint density at radius 1 is 0.291 bits per heavy atom. The van der Waals surface area contributed by atoms with Crippen LogP contribution in [-0.2, 0) is 0 Å².